The Balaban J connectivity index is 2.31. The first-order valence-electron chi connectivity index (χ1n) is 6.25. The number of halogens is 1. The highest BCUT2D eigenvalue weighted by molar-refractivity contribution is 5.98. The standard InChI is InChI=1S/C14H17FN2O2/c1-3-10(7-18)16-14(19)13-6-11-8(2)4-9(15)5-12(11)17-13/h4-6,10,17-18H,3,7H2,1-2H3,(H,16,19). The lowest BCUT2D eigenvalue weighted by molar-refractivity contribution is 0.0910. The molecule has 4 nitrogen and oxygen atoms in total. The highest BCUT2D eigenvalue weighted by Gasteiger charge is 2.14. The van der Waals surface area contributed by atoms with E-state index in [1.165, 1.54) is 12.1 Å². The van der Waals surface area contributed by atoms with E-state index in [2.05, 4.69) is 10.3 Å². The molecule has 5 heteroatoms. The summed E-state index contributed by atoms with van der Waals surface area (Å²) >= 11 is 0. The van der Waals surface area contributed by atoms with Gasteiger partial charge < -0.3 is 15.4 Å². The van der Waals surface area contributed by atoms with Crippen molar-refractivity contribution in [2.75, 3.05) is 6.61 Å². The van der Waals surface area contributed by atoms with E-state index in [0.29, 0.717) is 17.6 Å². The Bertz CT molecular complexity index is 603. The molecule has 3 N–H and O–H groups in total. The molecule has 1 atom stereocenters. The number of fused-ring (bicyclic) bond motifs is 1. The SMILES string of the molecule is CCC(CO)NC(=O)c1cc2c(C)cc(F)cc2[nH]1. The Labute approximate surface area is 110 Å². The fourth-order valence-corrected chi connectivity index (χ4v) is 2.04. The second-order valence-electron chi connectivity index (χ2n) is 4.63. The fourth-order valence-electron chi connectivity index (χ4n) is 2.04. The first kappa shape index (κ1) is 13.5. The lowest BCUT2D eigenvalue weighted by atomic mass is 10.1. The summed E-state index contributed by atoms with van der Waals surface area (Å²) in [6.45, 7) is 3.57. The van der Waals surface area contributed by atoms with Crippen LogP contribution in [0.3, 0.4) is 0 Å². The third-order valence-electron chi connectivity index (χ3n) is 3.20. The van der Waals surface area contributed by atoms with Gasteiger partial charge in [-0.1, -0.05) is 6.92 Å². The van der Waals surface area contributed by atoms with Crippen LogP contribution in [0.25, 0.3) is 10.9 Å². The van der Waals surface area contributed by atoms with Crippen molar-refractivity contribution in [2.45, 2.75) is 26.3 Å². The number of nitrogens with one attached hydrogen (secondary N) is 2. The van der Waals surface area contributed by atoms with Crippen molar-refractivity contribution in [2.24, 2.45) is 0 Å². The van der Waals surface area contributed by atoms with Crippen molar-refractivity contribution >= 4 is 16.8 Å². The molecular weight excluding hydrogens is 247 g/mol. The summed E-state index contributed by atoms with van der Waals surface area (Å²) in [5.74, 6) is -0.627. The number of aromatic amines is 1. The minimum Gasteiger partial charge on any atom is -0.394 e. The molecule has 19 heavy (non-hydrogen) atoms. The van der Waals surface area contributed by atoms with Gasteiger partial charge in [-0.05, 0) is 37.1 Å². The average Bonchev–Trinajstić information content (AvgIpc) is 2.79. The number of carbonyl (C=O) groups excluding carboxylic acids is 1. The topological polar surface area (TPSA) is 65.1 Å². The summed E-state index contributed by atoms with van der Waals surface area (Å²) in [5.41, 5.74) is 1.75. The maximum absolute atomic E-state index is 13.3. The van der Waals surface area contributed by atoms with Crippen LogP contribution in [0.2, 0.25) is 0 Å². The van der Waals surface area contributed by atoms with E-state index < -0.39 is 0 Å². The van der Waals surface area contributed by atoms with Crippen LogP contribution in [-0.2, 0) is 0 Å². The molecule has 0 saturated heterocycles. The zero-order valence-corrected chi connectivity index (χ0v) is 11.0. The number of hydrogen-bond donors (Lipinski definition) is 3. The van der Waals surface area contributed by atoms with Gasteiger partial charge in [0.25, 0.3) is 5.91 Å². The van der Waals surface area contributed by atoms with Gasteiger partial charge in [-0.25, -0.2) is 4.39 Å². The predicted octanol–water partition coefficient (Wildman–Crippen LogP) is 2.12. The van der Waals surface area contributed by atoms with E-state index in [4.69, 9.17) is 5.11 Å². The normalized spacial score (nSPS) is 12.6. The molecule has 1 unspecified atom stereocenters. The highest BCUT2D eigenvalue weighted by atomic mass is 19.1. The van der Waals surface area contributed by atoms with E-state index in [1.54, 1.807) is 13.0 Å². The quantitative estimate of drug-likeness (QED) is 0.792. The van der Waals surface area contributed by atoms with Crippen molar-refractivity contribution < 1.29 is 14.3 Å². The molecule has 0 fully saturated rings. The number of benzene rings is 1. The Morgan fingerprint density at radius 2 is 2.21 bits per heavy atom. The number of amides is 1. The van der Waals surface area contributed by atoms with Gasteiger partial charge in [-0.15, -0.1) is 0 Å². The summed E-state index contributed by atoms with van der Waals surface area (Å²) in [4.78, 5) is 14.9. The fraction of sp³-hybridized carbons (Fsp3) is 0.357. The Kier molecular flexibility index (Phi) is 3.85. The van der Waals surface area contributed by atoms with Crippen molar-refractivity contribution in [3.63, 3.8) is 0 Å². The molecule has 2 rings (SSSR count). The van der Waals surface area contributed by atoms with Gasteiger partial charge in [0, 0.05) is 10.9 Å². The summed E-state index contributed by atoms with van der Waals surface area (Å²) < 4.78 is 13.3. The number of carbonyl (C=O) groups is 1. The first-order valence-corrected chi connectivity index (χ1v) is 6.25. The van der Waals surface area contributed by atoms with Crippen LogP contribution in [0.15, 0.2) is 18.2 Å². The molecule has 0 aliphatic carbocycles. The molecule has 1 aromatic carbocycles. The van der Waals surface area contributed by atoms with E-state index in [0.717, 1.165) is 10.9 Å². The maximum Gasteiger partial charge on any atom is 0.268 e. The van der Waals surface area contributed by atoms with E-state index in [9.17, 15) is 9.18 Å². The number of rotatable bonds is 4. The number of aliphatic hydroxyl groups excluding tert-OH is 1. The zero-order chi connectivity index (χ0) is 14.0. The molecule has 0 saturated carbocycles. The molecule has 0 bridgehead atoms. The lowest BCUT2D eigenvalue weighted by Crippen LogP contribution is -2.37. The second-order valence-corrected chi connectivity index (χ2v) is 4.63. The average molecular weight is 264 g/mol. The monoisotopic (exact) mass is 264 g/mol. The zero-order valence-electron chi connectivity index (χ0n) is 11.0. The Hall–Kier alpha value is -1.88. The molecule has 1 heterocycles. The number of hydrogen-bond acceptors (Lipinski definition) is 2. The summed E-state index contributed by atoms with van der Waals surface area (Å²) in [6, 6.07) is 4.23. The number of aliphatic hydroxyl groups is 1. The molecule has 102 valence electrons. The van der Waals surface area contributed by atoms with Crippen LogP contribution in [0.4, 0.5) is 4.39 Å². The predicted molar refractivity (Wildman–Crippen MR) is 71.6 cm³/mol. The van der Waals surface area contributed by atoms with Crippen molar-refractivity contribution in [1.82, 2.24) is 10.3 Å². The molecule has 0 radical (unpaired) electrons. The van der Waals surface area contributed by atoms with Crippen LogP contribution in [0.1, 0.15) is 29.4 Å². The second kappa shape index (κ2) is 5.40. The third kappa shape index (κ3) is 2.76. The smallest absolute Gasteiger partial charge is 0.268 e. The minimum absolute atomic E-state index is 0.101. The molecule has 2 aromatic rings. The van der Waals surface area contributed by atoms with Crippen molar-refractivity contribution in [1.29, 1.82) is 0 Å². The first-order chi connectivity index (χ1) is 9.05. The van der Waals surface area contributed by atoms with Gasteiger partial charge in [0.2, 0.25) is 0 Å². The number of aryl methyl sites for hydroxylation is 1. The molecule has 0 spiro atoms. The van der Waals surface area contributed by atoms with E-state index >= 15 is 0 Å². The van der Waals surface area contributed by atoms with Gasteiger partial charge in [0.1, 0.15) is 11.5 Å². The van der Waals surface area contributed by atoms with Gasteiger partial charge in [0.15, 0.2) is 0 Å². The summed E-state index contributed by atoms with van der Waals surface area (Å²) in [7, 11) is 0. The van der Waals surface area contributed by atoms with Crippen LogP contribution >= 0.6 is 0 Å². The van der Waals surface area contributed by atoms with Gasteiger partial charge in [-0.2, -0.15) is 0 Å². The van der Waals surface area contributed by atoms with Gasteiger partial charge >= 0.3 is 0 Å². The minimum atomic E-state index is -0.333. The van der Waals surface area contributed by atoms with Crippen molar-refractivity contribution in [3.8, 4) is 0 Å². The molecular formula is C14H17FN2O2. The summed E-state index contributed by atoms with van der Waals surface area (Å²) in [5, 5.41) is 12.6. The van der Waals surface area contributed by atoms with Gasteiger partial charge in [-0.3, -0.25) is 4.79 Å². The van der Waals surface area contributed by atoms with E-state index in [-0.39, 0.29) is 24.4 Å². The van der Waals surface area contributed by atoms with Crippen LogP contribution < -0.4 is 5.32 Å². The number of aromatic nitrogens is 1. The van der Waals surface area contributed by atoms with Gasteiger partial charge in [0.05, 0.1) is 12.6 Å². The molecule has 1 amide bonds. The van der Waals surface area contributed by atoms with Crippen molar-refractivity contribution in [3.05, 3.63) is 35.3 Å². The Morgan fingerprint density at radius 3 is 2.84 bits per heavy atom. The van der Waals surface area contributed by atoms with E-state index in [1.807, 2.05) is 6.92 Å². The number of H-pyrrole nitrogens is 1. The van der Waals surface area contributed by atoms with Crippen LogP contribution in [0.5, 0.6) is 0 Å². The van der Waals surface area contributed by atoms with Crippen LogP contribution in [0, 0.1) is 12.7 Å². The summed E-state index contributed by atoms with van der Waals surface area (Å²) in [6.07, 6.45) is 0.649. The van der Waals surface area contributed by atoms with Crippen LogP contribution in [-0.4, -0.2) is 28.6 Å². The largest absolute Gasteiger partial charge is 0.394 e. The molecule has 0 aliphatic rings. The third-order valence-corrected chi connectivity index (χ3v) is 3.20. The Morgan fingerprint density at radius 1 is 1.47 bits per heavy atom. The maximum atomic E-state index is 13.3. The molecule has 1 aromatic heterocycles. The highest BCUT2D eigenvalue weighted by Crippen LogP contribution is 2.21. The lowest BCUT2D eigenvalue weighted by Gasteiger charge is -2.12. The molecule has 0 aliphatic heterocycles.